The Morgan fingerprint density at radius 1 is 1.33 bits per heavy atom. The van der Waals surface area contributed by atoms with Gasteiger partial charge in [0.2, 0.25) is 6.04 Å². The number of thiazole rings is 1. The zero-order valence-corrected chi connectivity index (χ0v) is 18.7. The molecule has 0 spiro atoms. The van der Waals surface area contributed by atoms with Crippen LogP contribution in [0.2, 0.25) is 0 Å². The minimum Gasteiger partial charge on any atom is -0.437 e. The fourth-order valence-corrected chi connectivity index (χ4v) is 5.17. The number of aliphatic hydroxyl groups excluding tert-OH is 1. The Labute approximate surface area is 189 Å². The van der Waals surface area contributed by atoms with Gasteiger partial charge in [0, 0.05) is 51.0 Å². The van der Waals surface area contributed by atoms with Crippen molar-refractivity contribution in [3.8, 4) is 0 Å². The average molecular weight is 486 g/mol. The van der Waals surface area contributed by atoms with Crippen molar-refractivity contribution >= 4 is 23.1 Å². The molecule has 1 aromatic carbocycles. The van der Waals surface area contributed by atoms with E-state index in [1.807, 2.05) is 0 Å². The van der Waals surface area contributed by atoms with E-state index in [0.717, 1.165) is 22.2 Å². The Kier molecular flexibility index (Phi) is 8.32. The van der Waals surface area contributed by atoms with E-state index >= 15 is 0 Å². The number of hydrogen-bond donors (Lipinski definition) is 1. The molecule has 2 aromatic rings. The van der Waals surface area contributed by atoms with Gasteiger partial charge in [0.15, 0.2) is 0 Å². The minimum atomic E-state index is -4.38. The van der Waals surface area contributed by atoms with Gasteiger partial charge >= 0.3 is 6.18 Å². The van der Waals surface area contributed by atoms with E-state index in [-0.39, 0.29) is 50.6 Å². The van der Waals surface area contributed by atoms with Crippen LogP contribution in [0.15, 0.2) is 34.0 Å². The molecule has 1 saturated carbocycles. The second-order valence-corrected chi connectivity index (χ2v) is 8.39. The van der Waals surface area contributed by atoms with Crippen LogP contribution in [-0.2, 0) is 38.9 Å². The van der Waals surface area contributed by atoms with Gasteiger partial charge in [-0.25, -0.2) is 17.9 Å². The topological polar surface area (TPSA) is 37.5 Å². The largest absolute Gasteiger partial charge is 0.437 e. The van der Waals surface area contributed by atoms with E-state index in [1.165, 1.54) is 23.5 Å². The van der Waals surface area contributed by atoms with Crippen LogP contribution in [-0.4, -0.2) is 28.0 Å². The summed E-state index contributed by atoms with van der Waals surface area (Å²) in [5.41, 5.74) is -0.0446. The van der Waals surface area contributed by atoms with Crippen LogP contribution in [0.4, 0.5) is 13.2 Å². The van der Waals surface area contributed by atoms with Gasteiger partial charge < -0.3 is 14.9 Å². The van der Waals surface area contributed by atoms with Gasteiger partial charge in [-0.3, -0.25) is 0 Å². The number of nitrogens with zero attached hydrogens (tertiary/aromatic N) is 2. The second kappa shape index (κ2) is 9.84. The number of alkyl halides is 3. The SMILES string of the molecule is [C-]#[N+][C@@H]1C[C@@H](O)C(c2ccc(C(F)(F)F)cc2)C1CCSc1n[c-]cs1.[Y]. The summed E-state index contributed by atoms with van der Waals surface area (Å²) in [4.78, 5) is 7.73. The molecule has 9 heteroatoms. The molecule has 1 aromatic heterocycles. The van der Waals surface area contributed by atoms with Crippen molar-refractivity contribution in [2.75, 3.05) is 5.75 Å². The third-order valence-corrected chi connectivity index (χ3v) is 6.62. The van der Waals surface area contributed by atoms with Gasteiger partial charge in [0.1, 0.15) is 0 Å². The summed E-state index contributed by atoms with van der Waals surface area (Å²) >= 11 is 3.07. The Morgan fingerprint density at radius 2 is 2.04 bits per heavy atom. The van der Waals surface area contributed by atoms with Gasteiger partial charge in [-0.1, -0.05) is 17.5 Å². The molecule has 1 fully saturated rings. The molecule has 0 bridgehead atoms. The van der Waals surface area contributed by atoms with Crippen molar-refractivity contribution in [2.24, 2.45) is 5.92 Å². The first-order chi connectivity index (χ1) is 12.4. The molecule has 141 valence electrons. The minimum absolute atomic E-state index is 0. The summed E-state index contributed by atoms with van der Waals surface area (Å²) in [6.45, 7) is 7.41. The summed E-state index contributed by atoms with van der Waals surface area (Å²) in [6, 6.07) is 4.63. The van der Waals surface area contributed by atoms with E-state index in [9.17, 15) is 18.3 Å². The molecule has 3 nitrogen and oxygen atoms in total. The van der Waals surface area contributed by atoms with Crippen molar-refractivity contribution in [3.63, 3.8) is 0 Å². The van der Waals surface area contributed by atoms with Crippen LogP contribution in [0, 0.1) is 18.7 Å². The maximum absolute atomic E-state index is 12.8. The van der Waals surface area contributed by atoms with Crippen LogP contribution in [0.25, 0.3) is 4.85 Å². The van der Waals surface area contributed by atoms with E-state index < -0.39 is 17.8 Å². The van der Waals surface area contributed by atoms with Crippen LogP contribution >= 0.6 is 23.1 Å². The third kappa shape index (κ3) is 5.54. The quantitative estimate of drug-likeness (QED) is 0.483. The number of thioether (sulfide) groups is 1. The number of aromatic nitrogens is 1. The monoisotopic (exact) mass is 486 g/mol. The van der Waals surface area contributed by atoms with E-state index in [1.54, 1.807) is 17.1 Å². The second-order valence-electron chi connectivity index (χ2n) is 6.19. The van der Waals surface area contributed by atoms with Gasteiger partial charge in [-0.05, 0) is 34.2 Å². The molecule has 27 heavy (non-hydrogen) atoms. The normalized spacial score (nSPS) is 25.0. The van der Waals surface area contributed by atoms with Crippen LogP contribution in [0.1, 0.15) is 29.9 Å². The summed E-state index contributed by atoms with van der Waals surface area (Å²) in [5.74, 6) is 0.331. The number of rotatable bonds is 5. The molecule has 1 heterocycles. The predicted molar refractivity (Wildman–Crippen MR) is 95.0 cm³/mol. The number of hydrogen-bond acceptors (Lipinski definition) is 4. The fraction of sp³-hybridized carbons (Fsp3) is 0.444. The number of benzene rings is 1. The molecule has 1 N–H and O–H groups in total. The van der Waals surface area contributed by atoms with Crippen LogP contribution < -0.4 is 0 Å². The molecule has 3 rings (SSSR count). The Hall–Kier alpha value is -0.456. The number of halogens is 3. The van der Waals surface area contributed by atoms with Crippen LogP contribution in [0.5, 0.6) is 0 Å². The summed E-state index contributed by atoms with van der Waals surface area (Å²) < 4.78 is 39.2. The van der Waals surface area contributed by atoms with Crippen molar-refractivity contribution in [3.05, 3.63) is 58.4 Å². The summed E-state index contributed by atoms with van der Waals surface area (Å²) in [5, 5.41) is 12.2. The Bertz CT molecular complexity index is 762. The first-order valence-electron chi connectivity index (χ1n) is 8.06. The van der Waals surface area contributed by atoms with Crippen molar-refractivity contribution in [2.45, 2.75) is 41.4 Å². The first kappa shape index (κ1) is 22.8. The molecule has 1 aliphatic carbocycles. The number of aliphatic hydroxyl groups is 1. The van der Waals surface area contributed by atoms with Crippen molar-refractivity contribution < 1.29 is 51.0 Å². The molecule has 1 radical (unpaired) electrons. The van der Waals surface area contributed by atoms with Crippen molar-refractivity contribution in [1.82, 2.24) is 4.98 Å². The third-order valence-electron chi connectivity index (χ3n) is 4.69. The van der Waals surface area contributed by atoms with Gasteiger partial charge in [0.25, 0.3) is 0 Å². The molecular weight excluding hydrogens is 470 g/mol. The Morgan fingerprint density at radius 3 is 2.59 bits per heavy atom. The summed E-state index contributed by atoms with van der Waals surface area (Å²) in [6.07, 6.45) is -1.29. The molecule has 2 unspecified atom stereocenters. The maximum Gasteiger partial charge on any atom is 0.416 e. The van der Waals surface area contributed by atoms with Crippen molar-refractivity contribution in [1.29, 1.82) is 0 Å². The van der Waals surface area contributed by atoms with Crippen LogP contribution in [0.3, 0.4) is 0 Å². The Balaban J connectivity index is 0.00000261. The van der Waals surface area contributed by atoms with E-state index in [4.69, 9.17) is 6.57 Å². The van der Waals surface area contributed by atoms with E-state index in [0.29, 0.717) is 18.4 Å². The zero-order chi connectivity index (χ0) is 18.7. The predicted octanol–water partition coefficient (Wildman–Crippen LogP) is 4.89. The molecule has 0 amide bonds. The fourth-order valence-electron chi connectivity index (χ4n) is 3.51. The van der Waals surface area contributed by atoms with Gasteiger partial charge in [-0.15, -0.1) is 6.20 Å². The molecule has 1 aliphatic rings. The van der Waals surface area contributed by atoms with Gasteiger partial charge in [0.05, 0.1) is 11.7 Å². The van der Waals surface area contributed by atoms with E-state index in [2.05, 4.69) is 16.0 Å². The maximum atomic E-state index is 12.8. The first-order valence-corrected chi connectivity index (χ1v) is 9.93. The summed E-state index contributed by atoms with van der Waals surface area (Å²) in [7, 11) is 0. The molecule has 0 aliphatic heterocycles. The smallest absolute Gasteiger partial charge is 0.416 e. The zero-order valence-electron chi connectivity index (χ0n) is 14.2. The molecule has 0 saturated heterocycles. The molecular formula is C18H16F3N2OS2Y-. The average Bonchev–Trinajstić information content (AvgIpc) is 3.22. The van der Waals surface area contributed by atoms with Gasteiger partial charge in [-0.2, -0.15) is 24.9 Å². The molecule has 4 atom stereocenters. The standard InChI is InChI=1S/C18H16F3N2OS2.Y/c1-22-14-10-15(24)16(11-2-4-12(5-3-11)18(19,20)21)13(14)6-8-25-17-23-7-9-26-17;/h2-5,9,13-16,24H,6,8,10H2;/q-1;/t13?,14-,15-,16?;/m1./s1.